The summed E-state index contributed by atoms with van der Waals surface area (Å²) in [6.07, 6.45) is 5.36. The molecule has 0 aromatic heterocycles. The van der Waals surface area contributed by atoms with E-state index in [1.807, 2.05) is 0 Å². The lowest BCUT2D eigenvalue weighted by Gasteiger charge is -2.35. The first-order valence-electron chi connectivity index (χ1n) is 6.64. The molecule has 3 unspecified atom stereocenters. The molecule has 88 valence electrons. The number of rotatable bonds is 4. The number of piperidine rings is 1. The average Bonchev–Trinajstić information content (AvgIpc) is 3.03. The third-order valence-electron chi connectivity index (χ3n) is 4.42. The van der Waals surface area contributed by atoms with Crippen LogP contribution in [-0.2, 0) is 0 Å². The van der Waals surface area contributed by atoms with E-state index in [4.69, 9.17) is 5.73 Å². The van der Waals surface area contributed by atoms with Gasteiger partial charge in [0.15, 0.2) is 0 Å². The van der Waals surface area contributed by atoms with E-state index < -0.39 is 0 Å². The molecule has 1 aliphatic carbocycles. The first-order chi connectivity index (χ1) is 7.16. The summed E-state index contributed by atoms with van der Waals surface area (Å²) in [5, 5.41) is 0. The second-order valence-electron chi connectivity index (χ2n) is 5.83. The van der Waals surface area contributed by atoms with Crippen LogP contribution in [0, 0.1) is 17.8 Å². The Hall–Kier alpha value is -0.0800. The molecule has 2 nitrogen and oxygen atoms in total. The van der Waals surface area contributed by atoms with Crippen LogP contribution in [-0.4, -0.2) is 30.6 Å². The molecule has 2 rings (SSSR count). The van der Waals surface area contributed by atoms with Crippen molar-refractivity contribution in [2.75, 3.05) is 19.6 Å². The SMILES string of the molecule is CC1CCN(CCC(N)C2CC2)CC1C. The van der Waals surface area contributed by atoms with E-state index in [2.05, 4.69) is 18.7 Å². The van der Waals surface area contributed by atoms with E-state index in [-0.39, 0.29) is 0 Å². The van der Waals surface area contributed by atoms with Crippen LogP contribution in [0.4, 0.5) is 0 Å². The van der Waals surface area contributed by atoms with Crippen LogP contribution in [0.15, 0.2) is 0 Å². The lowest BCUT2D eigenvalue weighted by atomic mass is 9.88. The minimum Gasteiger partial charge on any atom is -0.327 e. The fraction of sp³-hybridized carbons (Fsp3) is 1.00. The number of hydrogen-bond donors (Lipinski definition) is 1. The smallest absolute Gasteiger partial charge is 0.00793 e. The molecule has 15 heavy (non-hydrogen) atoms. The van der Waals surface area contributed by atoms with Crippen molar-refractivity contribution in [1.82, 2.24) is 4.90 Å². The van der Waals surface area contributed by atoms with Crippen molar-refractivity contribution < 1.29 is 0 Å². The highest BCUT2D eigenvalue weighted by molar-refractivity contribution is 4.85. The maximum absolute atomic E-state index is 6.13. The summed E-state index contributed by atoms with van der Waals surface area (Å²) in [5.74, 6) is 2.65. The highest BCUT2D eigenvalue weighted by Crippen LogP contribution is 2.33. The minimum atomic E-state index is 0.486. The lowest BCUT2D eigenvalue weighted by molar-refractivity contribution is 0.134. The van der Waals surface area contributed by atoms with Crippen molar-refractivity contribution >= 4 is 0 Å². The molecule has 1 heterocycles. The second-order valence-corrected chi connectivity index (χ2v) is 5.83. The summed E-state index contributed by atoms with van der Waals surface area (Å²) in [7, 11) is 0. The van der Waals surface area contributed by atoms with Crippen molar-refractivity contribution in [2.24, 2.45) is 23.5 Å². The van der Waals surface area contributed by atoms with Gasteiger partial charge in [0.25, 0.3) is 0 Å². The van der Waals surface area contributed by atoms with E-state index in [0.717, 1.165) is 17.8 Å². The third-order valence-corrected chi connectivity index (χ3v) is 4.42. The Kier molecular flexibility index (Phi) is 3.68. The van der Waals surface area contributed by atoms with Crippen LogP contribution in [0.1, 0.15) is 39.5 Å². The molecule has 1 saturated heterocycles. The van der Waals surface area contributed by atoms with Crippen LogP contribution in [0.25, 0.3) is 0 Å². The Labute approximate surface area is 94.2 Å². The largest absolute Gasteiger partial charge is 0.327 e. The lowest BCUT2D eigenvalue weighted by Crippen LogP contribution is -2.40. The van der Waals surface area contributed by atoms with Gasteiger partial charge in [-0.15, -0.1) is 0 Å². The predicted molar refractivity (Wildman–Crippen MR) is 64.7 cm³/mol. The number of nitrogens with two attached hydrogens (primary N) is 1. The quantitative estimate of drug-likeness (QED) is 0.770. The van der Waals surface area contributed by atoms with Crippen LogP contribution in [0.2, 0.25) is 0 Å². The molecule has 0 radical (unpaired) electrons. The predicted octanol–water partition coefficient (Wildman–Crippen LogP) is 2.09. The highest BCUT2D eigenvalue weighted by Gasteiger charge is 2.29. The first kappa shape index (κ1) is 11.4. The molecular formula is C13H26N2. The first-order valence-corrected chi connectivity index (χ1v) is 6.64. The van der Waals surface area contributed by atoms with Crippen molar-refractivity contribution in [2.45, 2.75) is 45.6 Å². The van der Waals surface area contributed by atoms with Crippen LogP contribution >= 0.6 is 0 Å². The Morgan fingerprint density at radius 2 is 1.93 bits per heavy atom. The Bertz CT molecular complexity index is 201. The number of likely N-dealkylation sites (tertiary alicyclic amines) is 1. The Balaban J connectivity index is 1.66. The zero-order valence-corrected chi connectivity index (χ0v) is 10.3. The van der Waals surface area contributed by atoms with Gasteiger partial charge in [-0.3, -0.25) is 0 Å². The fourth-order valence-electron chi connectivity index (χ4n) is 2.64. The standard InChI is InChI=1S/C13H26N2/c1-10-5-7-15(9-11(10)2)8-6-13(14)12-3-4-12/h10-13H,3-9,14H2,1-2H3. The number of hydrogen-bond acceptors (Lipinski definition) is 2. The molecule has 2 aliphatic rings. The van der Waals surface area contributed by atoms with Crippen molar-refractivity contribution in [3.8, 4) is 0 Å². The average molecular weight is 210 g/mol. The van der Waals surface area contributed by atoms with E-state index in [1.165, 1.54) is 45.3 Å². The van der Waals surface area contributed by atoms with E-state index in [0.29, 0.717) is 6.04 Å². The zero-order valence-electron chi connectivity index (χ0n) is 10.3. The summed E-state index contributed by atoms with van der Waals surface area (Å²) >= 11 is 0. The van der Waals surface area contributed by atoms with Gasteiger partial charge in [-0.1, -0.05) is 13.8 Å². The van der Waals surface area contributed by atoms with Gasteiger partial charge in [-0.05, 0) is 56.5 Å². The Morgan fingerprint density at radius 1 is 1.20 bits per heavy atom. The monoisotopic (exact) mass is 210 g/mol. The zero-order chi connectivity index (χ0) is 10.8. The second kappa shape index (κ2) is 4.84. The van der Waals surface area contributed by atoms with Gasteiger partial charge in [0.05, 0.1) is 0 Å². The summed E-state index contributed by atoms with van der Waals surface area (Å²) in [6, 6.07) is 0.486. The summed E-state index contributed by atoms with van der Waals surface area (Å²) in [5.41, 5.74) is 6.13. The van der Waals surface area contributed by atoms with Crippen molar-refractivity contribution in [3.63, 3.8) is 0 Å². The van der Waals surface area contributed by atoms with Crippen LogP contribution in [0.5, 0.6) is 0 Å². The summed E-state index contributed by atoms with van der Waals surface area (Å²) < 4.78 is 0. The molecule has 2 fully saturated rings. The maximum Gasteiger partial charge on any atom is 0.00793 e. The number of nitrogens with zero attached hydrogens (tertiary/aromatic N) is 1. The molecule has 0 spiro atoms. The molecule has 1 saturated carbocycles. The normalized spacial score (nSPS) is 35.4. The van der Waals surface area contributed by atoms with Crippen molar-refractivity contribution in [3.05, 3.63) is 0 Å². The molecule has 1 aliphatic heterocycles. The van der Waals surface area contributed by atoms with Gasteiger partial charge in [0.2, 0.25) is 0 Å². The van der Waals surface area contributed by atoms with Crippen LogP contribution < -0.4 is 5.73 Å². The van der Waals surface area contributed by atoms with Gasteiger partial charge in [0, 0.05) is 12.6 Å². The summed E-state index contributed by atoms with van der Waals surface area (Å²) in [6.45, 7) is 8.59. The van der Waals surface area contributed by atoms with Gasteiger partial charge in [-0.25, -0.2) is 0 Å². The topological polar surface area (TPSA) is 29.3 Å². The van der Waals surface area contributed by atoms with Crippen LogP contribution in [0.3, 0.4) is 0 Å². The minimum absolute atomic E-state index is 0.486. The molecule has 3 atom stereocenters. The van der Waals surface area contributed by atoms with E-state index in [9.17, 15) is 0 Å². The molecular weight excluding hydrogens is 184 g/mol. The molecule has 2 N–H and O–H groups in total. The summed E-state index contributed by atoms with van der Waals surface area (Å²) in [4.78, 5) is 2.62. The molecule has 0 aromatic carbocycles. The van der Waals surface area contributed by atoms with E-state index in [1.54, 1.807) is 0 Å². The van der Waals surface area contributed by atoms with E-state index >= 15 is 0 Å². The Morgan fingerprint density at radius 3 is 2.53 bits per heavy atom. The maximum atomic E-state index is 6.13. The third kappa shape index (κ3) is 3.18. The molecule has 0 aromatic rings. The van der Waals surface area contributed by atoms with Gasteiger partial charge < -0.3 is 10.6 Å². The van der Waals surface area contributed by atoms with Gasteiger partial charge in [0.1, 0.15) is 0 Å². The highest BCUT2D eigenvalue weighted by atomic mass is 15.1. The molecule has 0 bridgehead atoms. The fourth-order valence-corrected chi connectivity index (χ4v) is 2.64. The van der Waals surface area contributed by atoms with Crippen molar-refractivity contribution in [1.29, 1.82) is 0 Å². The molecule has 2 heteroatoms. The van der Waals surface area contributed by atoms with Gasteiger partial charge in [-0.2, -0.15) is 0 Å². The van der Waals surface area contributed by atoms with Gasteiger partial charge >= 0.3 is 0 Å². The molecule has 0 amide bonds.